The van der Waals surface area contributed by atoms with E-state index >= 15 is 0 Å². The normalized spacial score (nSPS) is 12.1. The van der Waals surface area contributed by atoms with Gasteiger partial charge < -0.3 is 14.2 Å². The summed E-state index contributed by atoms with van der Waals surface area (Å²) in [6.07, 6.45) is 61.7. The van der Waals surface area contributed by atoms with Gasteiger partial charge >= 0.3 is 17.9 Å². The van der Waals surface area contributed by atoms with E-state index < -0.39 is 6.10 Å². The first-order valence-electron chi connectivity index (χ1n) is 28.3. The minimum absolute atomic E-state index is 0.0676. The Morgan fingerprint density at radius 1 is 0.312 bits per heavy atom. The quantitative estimate of drug-likeness (QED) is 0.0262. The Morgan fingerprint density at radius 3 is 0.859 bits per heavy atom. The highest BCUT2D eigenvalue weighted by Gasteiger charge is 2.19. The fraction of sp³-hybridized carbons (Fsp3) is 0.879. The first kappa shape index (κ1) is 61.9. The van der Waals surface area contributed by atoms with Gasteiger partial charge in [-0.1, -0.05) is 263 Å². The average molecular weight is 901 g/mol. The summed E-state index contributed by atoms with van der Waals surface area (Å²) in [7, 11) is 0. The summed E-state index contributed by atoms with van der Waals surface area (Å²) in [6, 6.07) is 0. The van der Waals surface area contributed by atoms with Gasteiger partial charge in [0.2, 0.25) is 0 Å². The zero-order chi connectivity index (χ0) is 46.5. The maximum absolute atomic E-state index is 12.8. The first-order chi connectivity index (χ1) is 31.5. The van der Waals surface area contributed by atoms with Crippen molar-refractivity contribution >= 4 is 17.9 Å². The van der Waals surface area contributed by atoms with E-state index in [2.05, 4.69) is 45.1 Å². The van der Waals surface area contributed by atoms with Crippen molar-refractivity contribution in [1.29, 1.82) is 0 Å². The summed E-state index contributed by atoms with van der Waals surface area (Å²) in [5, 5.41) is 0. The third-order valence-electron chi connectivity index (χ3n) is 12.7. The fourth-order valence-corrected chi connectivity index (χ4v) is 8.42. The Hall–Kier alpha value is -2.11. The summed E-state index contributed by atoms with van der Waals surface area (Å²) in [5.74, 6) is -0.856. The van der Waals surface area contributed by atoms with Gasteiger partial charge in [0.25, 0.3) is 0 Å². The Labute approximate surface area is 398 Å². The van der Waals surface area contributed by atoms with Crippen LogP contribution in [0, 0.1) is 0 Å². The van der Waals surface area contributed by atoms with Crippen molar-refractivity contribution in [3.05, 3.63) is 24.3 Å². The molecule has 0 aliphatic rings. The van der Waals surface area contributed by atoms with Crippen LogP contribution >= 0.6 is 0 Å². The molecule has 0 aliphatic heterocycles. The van der Waals surface area contributed by atoms with Crippen LogP contribution in [0.2, 0.25) is 0 Å². The lowest BCUT2D eigenvalue weighted by Crippen LogP contribution is -2.30. The van der Waals surface area contributed by atoms with E-state index in [-0.39, 0.29) is 31.1 Å². The number of unbranched alkanes of at least 4 members (excludes halogenated alkanes) is 37. The molecule has 0 aromatic carbocycles. The number of hydrogen-bond acceptors (Lipinski definition) is 6. The highest BCUT2D eigenvalue weighted by Crippen LogP contribution is 2.17. The second-order valence-corrected chi connectivity index (χ2v) is 19.2. The maximum Gasteiger partial charge on any atom is 0.306 e. The smallest absolute Gasteiger partial charge is 0.306 e. The minimum Gasteiger partial charge on any atom is -0.462 e. The average Bonchev–Trinajstić information content (AvgIpc) is 3.29. The molecule has 376 valence electrons. The lowest BCUT2D eigenvalue weighted by molar-refractivity contribution is -0.167. The highest BCUT2D eigenvalue weighted by molar-refractivity contribution is 5.71. The fourth-order valence-electron chi connectivity index (χ4n) is 8.42. The van der Waals surface area contributed by atoms with E-state index in [9.17, 15) is 14.4 Å². The van der Waals surface area contributed by atoms with Crippen LogP contribution < -0.4 is 0 Å². The SMILES string of the molecule is CCCCCCC/C=C\C/C=C\CCCCCCCCCCCC(=O)OCC(COC(=O)CCCCCCCCCCC)OC(=O)CCCCCCCCCCCCCCCCCC. The van der Waals surface area contributed by atoms with E-state index in [4.69, 9.17) is 14.2 Å². The zero-order valence-corrected chi connectivity index (χ0v) is 43.1. The Morgan fingerprint density at radius 2 is 0.562 bits per heavy atom. The molecule has 0 heterocycles. The van der Waals surface area contributed by atoms with Gasteiger partial charge in [0, 0.05) is 19.3 Å². The van der Waals surface area contributed by atoms with Gasteiger partial charge in [-0.2, -0.15) is 0 Å². The summed E-state index contributed by atoms with van der Waals surface area (Å²) in [4.78, 5) is 38.0. The van der Waals surface area contributed by atoms with E-state index in [0.29, 0.717) is 19.3 Å². The highest BCUT2D eigenvalue weighted by atomic mass is 16.6. The van der Waals surface area contributed by atoms with Crippen LogP contribution in [-0.4, -0.2) is 37.2 Å². The summed E-state index contributed by atoms with van der Waals surface area (Å²) in [5.41, 5.74) is 0. The van der Waals surface area contributed by atoms with Crippen molar-refractivity contribution < 1.29 is 28.6 Å². The predicted molar refractivity (Wildman–Crippen MR) is 275 cm³/mol. The number of rotatable bonds is 52. The van der Waals surface area contributed by atoms with E-state index in [0.717, 1.165) is 64.2 Å². The number of carbonyl (C=O) groups excluding carboxylic acids is 3. The Kier molecular flexibility index (Phi) is 51.7. The van der Waals surface area contributed by atoms with Gasteiger partial charge in [-0.05, 0) is 51.4 Å². The van der Waals surface area contributed by atoms with E-state index in [1.165, 1.54) is 205 Å². The molecule has 0 amide bonds. The molecule has 0 N–H and O–H groups in total. The van der Waals surface area contributed by atoms with Crippen LogP contribution in [0.4, 0.5) is 0 Å². The van der Waals surface area contributed by atoms with Gasteiger partial charge in [-0.25, -0.2) is 0 Å². The molecule has 0 saturated carbocycles. The van der Waals surface area contributed by atoms with Gasteiger partial charge in [0.1, 0.15) is 13.2 Å². The molecular weight excluding hydrogens is 793 g/mol. The van der Waals surface area contributed by atoms with Gasteiger partial charge in [-0.3, -0.25) is 14.4 Å². The number of carbonyl (C=O) groups is 3. The summed E-state index contributed by atoms with van der Waals surface area (Å²) in [6.45, 7) is 6.65. The maximum atomic E-state index is 12.8. The monoisotopic (exact) mass is 901 g/mol. The predicted octanol–water partition coefficient (Wildman–Crippen LogP) is 18.7. The lowest BCUT2D eigenvalue weighted by atomic mass is 10.0. The lowest BCUT2D eigenvalue weighted by Gasteiger charge is -2.18. The standard InChI is InChI=1S/C58H108O6/c1-4-7-10-13-16-19-21-23-25-27-28-29-30-31-33-34-36-39-42-45-48-51-57(60)63-54-55(53-62-56(59)50-47-44-41-38-18-15-12-9-6-3)64-58(61)52-49-46-43-40-37-35-32-26-24-22-20-17-14-11-8-5-2/h21,23,27-28,55H,4-20,22,24-26,29-54H2,1-3H3/b23-21-,28-27-. The number of esters is 3. The minimum atomic E-state index is -0.766. The molecule has 0 radical (unpaired) electrons. The van der Waals surface area contributed by atoms with E-state index in [1.807, 2.05) is 0 Å². The molecule has 0 aromatic rings. The Bertz CT molecular complexity index is 1040. The molecule has 0 fully saturated rings. The second-order valence-electron chi connectivity index (χ2n) is 19.2. The molecule has 1 unspecified atom stereocenters. The zero-order valence-electron chi connectivity index (χ0n) is 43.1. The molecule has 6 heteroatoms. The largest absolute Gasteiger partial charge is 0.462 e. The van der Waals surface area contributed by atoms with Crippen molar-refractivity contribution in [3.8, 4) is 0 Å². The number of allylic oxidation sites excluding steroid dienone is 4. The molecule has 0 spiro atoms. The number of hydrogen-bond donors (Lipinski definition) is 0. The summed E-state index contributed by atoms with van der Waals surface area (Å²) < 4.78 is 16.8. The first-order valence-corrected chi connectivity index (χ1v) is 28.3. The Balaban J connectivity index is 4.23. The third-order valence-corrected chi connectivity index (χ3v) is 12.7. The van der Waals surface area contributed by atoms with Gasteiger partial charge in [0.15, 0.2) is 6.10 Å². The topological polar surface area (TPSA) is 78.9 Å². The molecule has 0 aliphatic carbocycles. The van der Waals surface area contributed by atoms with Crippen LogP contribution in [0.3, 0.4) is 0 Å². The van der Waals surface area contributed by atoms with Crippen LogP contribution in [0.25, 0.3) is 0 Å². The van der Waals surface area contributed by atoms with Gasteiger partial charge in [-0.15, -0.1) is 0 Å². The molecule has 64 heavy (non-hydrogen) atoms. The molecule has 0 saturated heterocycles. The van der Waals surface area contributed by atoms with Crippen LogP contribution in [0.15, 0.2) is 24.3 Å². The molecule has 0 rings (SSSR count). The van der Waals surface area contributed by atoms with Crippen molar-refractivity contribution in [2.75, 3.05) is 13.2 Å². The van der Waals surface area contributed by atoms with E-state index in [1.54, 1.807) is 0 Å². The van der Waals surface area contributed by atoms with Crippen molar-refractivity contribution in [2.24, 2.45) is 0 Å². The second kappa shape index (κ2) is 53.5. The van der Waals surface area contributed by atoms with Crippen molar-refractivity contribution in [2.45, 2.75) is 316 Å². The number of ether oxygens (including phenoxy) is 3. The van der Waals surface area contributed by atoms with Crippen LogP contribution in [0.5, 0.6) is 0 Å². The summed E-state index contributed by atoms with van der Waals surface area (Å²) >= 11 is 0. The van der Waals surface area contributed by atoms with Crippen molar-refractivity contribution in [3.63, 3.8) is 0 Å². The van der Waals surface area contributed by atoms with Gasteiger partial charge in [0.05, 0.1) is 0 Å². The molecule has 0 bridgehead atoms. The third kappa shape index (κ3) is 50.9. The van der Waals surface area contributed by atoms with Crippen molar-refractivity contribution in [1.82, 2.24) is 0 Å². The molecular formula is C58H108O6. The van der Waals surface area contributed by atoms with Crippen LogP contribution in [0.1, 0.15) is 310 Å². The molecule has 1 atom stereocenters. The molecule has 0 aromatic heterocycles. The molecule has 6 nitrogen and oxygen atoms in total. The van der Waals surface area contributed by atoms with Crippen LogP contribution in [-0.2, 0) is 28.6 Å².